The Labute approximate surface area is 244 Å². The van der Waals surface area contributed by atoms with Crippen molar-refractivity contribution in [3.63, 3.8) is 0 Å². The standard InChI is InChI=1S/C33H33N5O4/c1-23-32(24(2)42-36-23)29-10-11-31-30(18-29)17-26-4-3-5-27(16-26)19-37(12-13-40-14-15-41-31)33(39)28-8-6-25(7-9-28)20-38-22-34-21-35-38/h3-11,16,18,21-22H,12-15,17,19-20H2,1-2H3. The van der Waals surface area contributed by atoms with Crippen molar-refractivity contribution in [2.24, 2.45) is 0 Å². The summed E-state index contributed by atoms with van der Waals surface area (Å²) in [6, 6.07) is 22.3. The zero-order valence-corrected chi connectivity index (χ0v) is 23.8. The lowest BCUT2D eigenvalue weighted by molar-refractivity contribution is 0.0571. The van der Waals surface area contributed by atoms with Gasteiger partial charge >= 0.3 is 0 Å². The van der Waals surface area contributed by atoms with Crippen LogP contribution in [0.2, 0.25) is 0 Å². The summed E-state index contributed by atoms with van der Waals surface area (Å²) in [5.41, 5.74) is 7.88. The quantitative estimate of drug-likeness (QED) is 0.295. The number of benzene rings is 3. The maximum atomic E-state index is 13.6. The minimum Gasteiger partial charge on any atom is -0.491 e. The summed E-state index contributed by atoms with van der Waals surface area (Å²) < 4.78 is 19.2. The SMILES string of the molecule is Cc1noc(C)c1-c1ccc2c(c1)Cc1cccc(c1)CN(C(=O)c1ccc(Cn3cncn3)cc1)CCOCCO2. The molecule has 3 heterocycles. The molecule has 0 N–H and O–H groups in total. The van der Waals surface area contributed by atoms with Gasteiger partial charge in [-0.25, -0.2) is 9.67 Å². The molecular weight excluding hydrogens is 530 g/mol. The van der Waals surface area contributed by atoms with Crippen LogP contribution in [0.5, 0.6) is 5.75 Å². The molecule has 0 saturated heterocycles. The zero-order valence-electron chi connectivity index (χ0n) is 23.8. The van der Waals surface area contributed by atoms with E-state index in [1.807, 2.05) is 55.1 Å². The topological polar surface area (TPSA) is 95.5 Å². The Balaban J connectivity index is 1.24. The van der Waals surface area contributed by atoms with Crippen LogP contribution >= 0.6 is 0 Å². The van der Waals surface area contributed by atoms with Gasteiger partial charge in [-0.05, 0) is 65.9 Å². The molecule has 2 aromatic heterocycles. The number of rotatable bonds is 4. The second-order valence-corrected chi connectivity index (χ2v) is 10.5. The third-order valence-corrected chi connectivity index (χ3v) is 7.43. The minimum atomic E-state index is -0.0332. The third kappa shape index (κ3) is 6.26. The molecule has 0 aliphatic carbocycles. The molecule has 214 valence electrons. The van der Waals surface area contributed by atoms with Crippen LogP contribution in [0.25, 0.3) is 11.1 Å². The molecule has 9 heteroatoms. The Morgan fingerprint density at radius 2 is 1.81 bits per heavy atom. The summed E-state index contributed by atoms with van der Waals surface area (Å²) in [5, 5.41) is 8.28. The lowest BCUT2D eigenvalue weighted by Gasteiger charge is -2.24. The van der Waals surface area contributed by atoms with E-state index in [1.54, 1.807) is 11.0 Å². The number of fused-ring (bicyclic) bond motifs is 3. The molecule has 6 rings (SSSR count). The van der Waals surface area contributed by atoms with Crippen molar-refractivity contribution in [3.8, 4) is 16.9 Å². The Kier molecular flexibility index (Phi) is 8.09. The van der Waals surface area contributed by atoms with Crippen molar-refractivity contribution in [2.45, 2.75) is 33.4 Å². The molecule has 0 spiro atoms. The maximum Gasteiger partial charge on any atom is 0.254 e. The maximum absolute atomic E-state index is 13.6. The number of aryl methyl sites for hydroxylation is 2. The first kappa shape index (κ1) is 27.4. The number of amides is 1. The number of aromatic nitrogens is 4. The highest BCUT2D eigenvalue weighted by Crippen LogP contribution is 2.32. The monoisotopic (exact) mass is 563 g/mol. The van der Waals surface area contributed by atoms with Crippen molar-refractivity contribution < 1.29 is 18.8 Å². The first-order valence-electron chi connectivity index (χ1n) is 14.1. The van der Waals surface area contributed by atoms with Gasteiger partial charge in [0.25, 0.3) is 5.91 Å². The summed E-state index contributed by atoms with van der Waals surface area (Å²) in [4.78, 5) is 19.5. The van der Waals surface area contributed by atoms with E-state index in [4.69, 9.17) is 14.0 Å². The highest BCUT2D eigenvalue weighted by molar-refractivity contribution is 5.94. The molecule has 0 saturated carbocycles. The zero-order chi connectivity index (χ0) is 28.9. The Hall–Kier alpha value is -4.76. The number of hydrogen-bond acceptors (Lipinski definition) is 7. The van der Waals surface area contributed by atoms with Crippen LogP contribution in [-0.4, -0.2) is 57.1 Å². The molecule has 9 nitrogen and oxygen atoms in total. The molecule has 1 aliphatic heterocycles. The van der Waals surface area contributed by atoms with Gasteiger partial charge in [-0.15, -0.1) is 0 Å². The van der Waals surface area contributed by atoms with Crippen LogP contribution in [0.4, 0.5) is 0 Å². The highest BCUT2D eigenvalue weighted by atomic mass is 16.5. The van der Waals surface area contributed by atoms with Gasteiger partial charge in [-0.2, -0.15) is 5.10 Å². The van der Waals surface area contributed by atoms with Gasteiger partial charge in [0.15, 0.2) is 0 Å². The molecule has 1 amide bonds. The molecule has 3 aromatic carbocycles. The molecule has 2 bridgehead atoms. The van der Waals surface area contributed by atoms with Crippen molar-refractivity contribution in [2.75, 3.05) is 26.4 Å². The second-order valence-electron chi connectivity index (χ2n) is 10.5. The van der Waals surface area contributed by atoms with Crippen molar-refractivity contribution in [1.82, 2.24) is 24.8 Å². The molecule has 0 unspecified atom stereocenters. The lowest BCUT2D eigenvalue weighted by Crippen LogP contribution is -2.34. The van der Waals surface area contributed by atoms with Gasteiger partial charge in [0.05, 0.1) is 25.5 Å². The van der Waals surface area contributed by atoms with E-state index in [0.29, 0.717) is 51.4 Å². The molecular formula is C33H33N5O4. The molecule has 0 radical (unpaired) electrons. The van der Waals surface area contributed by atoms with Gasteiger partial charge in [-0.1, -0.05) is 47.6 Å². The van der Waals surface area contributed by atoms with Gasteiger partial charge in [0, 0.05) is 30.6 Å². The first-order chi connectivity index (χ1) is 20.5. The lowest BCUT2D eigenvalue weighted by atomic mass is 9.96. The van der Waals surface area contributed by atoms with E-state index < -0.39 is 0 Å². The van der Waals surface area contributed by atoms with E-state index in [9.17, 15) is 4.79 Å². The van der Waals surface area contributed by atoms with Crippen LogP contribution in [0.3, 0.4) is 0 Å². The van der Waals surface area contributed by atoms with E-state index in [-0.39, 0.29) is 5.91 Å². The van der Waals surface area contributed by atoms with Gasteiger partial charge < -0.3 is 18.9 Å². The fourth-order valence-corrected chi connectivity index (χ4v) is 5.36. The van der Waals surface area contributed by atoms with Crippen molar-refractivity contribution in [3.05, 3.63) is 119 Å². The van der Waals surface area contributed by atoms with Gasteiger partial charge in [-0.3, -0.25) is 4.79 Å². The second kappa shape index (κ2) is 12.4. The van der Waals surface area contributed by atoms with Crippen LogP contribution in [-0.2, 0) is 24.2 Å². The summed E-state index contributed by atoms with van der Waals surface area (Å²) in [6.07, 6.45) is 3.87. The molecule has 5 aromatic rings. The largest absolute Gasteiger partial charge is 0.491 e. The Morgan fingerprint density at radius 3 is 2.60 bits per heavy atom. The number of nitrogens with zero attached hydrogens (tertiary/aromatic N) is 5. The molecule has 1 aliphatic rings. The smallest absolute Gasteiger partial charge is 0.254 e. The Morgan fingerprint density at radius 1 is 0.952 bits per heavy atom. The minimum absolute atomic E-state index is 0.0332. The number of carbonyl (C=O) groups excluding carboxylic acids is 1. The predicted octanol–water partition coefficient (Wildman–Crippen LogP) is 5.24. The van der Waals surface area contributed by atoms with Gasteiger partial charge in [0.1, 0.15) is 30.8 Å². The average molecular weight is 564 g/mol. The summed E-state index contributed by atoms with van der Waals surface area (Å²) in [6.45, 7) is 6.70. The number of ether oxygens (including phenoxy) is 2. The third-order valence-electron chi connectivity index (χ3n) is 7.43. The van der Waals surface area contributed by atoms with E-state index in [0.717, 1.165) is 50.6 Å². The average Bonchev–Trinajstić information content (AvgIpc) is 3.63. The van der Waals surface area contributed by atoms with E-state index >= 15 is 0 Å². The number of hydrogen-bond donors (Lipinski definition) is 0. The van der Waals surface area contributed by atoms with Crippen LogP contribution < -0.4 is 4.74 Å². The van der Waals surface area contributed by atoms with Crippen molar-refractivity contribution >= 4 is 5.91 Å². The Bertz CT molecular complexity index is 1640. The molecule has 42 heavy (non-hydrogen) atoms. The fraction of sp³-hybridized carbons (Fsp3) is 0.273. The van der Waals surface area contributed by atoms with Crippen LogP contribution in [0, 0.1) is 13.8 Å². The van der Waals surface area contributed by atoms with Crippen LogP contribution in [0.1, 0.15) is 44.1 Å². The highest BCUT2D eigenvalue weighted by Gasteiger charge is 2.18. The van der Waals surface area contributed by atoms with Crippen LogP contribution in [0.15, 0.2) is 83.9 Å². The summed E-state index contributed by atoms with van der Waals surface area (Å²) >= 11 is 0. The van der Waals surface area contributed by atoms with E-state index in [2.05, 4.69) is 45.6 Å². The van der Waals surface area contributed by atoms with E-state index in [1.165, 1.54) is 6.33 Å². The number of carbonyl (C=O) groups is 1. The molecule has 0 atom stereocenters. The summed E-state index contributed by atoms with van der Waals surface area (Å²) in [5.74, 6) is 1.59. The van der Waals surface area contributed by atoms with Crippen molar-refractivity contribution in [1.29, 1.82) is 0 Å². The normalized spacial score (nSPS) is 14.1. The molecule has 0 fully saturated rings. The fourth-order valence-electron chi connectivity index (χ4n) is 5.36. The summed E-state index contributed by atoms with van der Waals surface area (Å²) in [7, 11) is 0. The first-order valence-corrected chi connectivity index (χ1v) is 14.1. The predicted molar refractivity (Wildman–Crippen MR) is 157 cm³/mol. The van der Waals surface area contributed by atoms with Gasteiger partial charge in [0.2, 0.25) is 0 Å².